The third kappa shape index (κ3) is 1.90. The molecule has 1 aromatic carbocycles. The largest absolute Gasteiger partial charge is 0.289 e. The molecule has 2 heteroatoms. The van der Waals surface area contributed by atoms with Gasteiger partial charge in [-0.3, -0.25) is 9.59 Å². The van der Waals surface area contributed by atoms with Crippen molar-refractivity contribution in [3.8, 4) is 11.1 Å². The molecule has 0 aromatic heterocycles. The van der Waals surface area contributed by atoms with Gasteiger partial charge in [-0.25, -0.2) is 0 Å². The van der Waals surface area contributed by atoms with Crippen LogP contribution in [-0.2, 0) is 0 Å². The van der Waals surface area contributed by atoms with Crippen LogP contribution in [0.2, 0.25) is 0 Å². The second kappa shape index (κ2) is 4.57. The van der Waals surface area contributed by atoms with Gasteiger partial charge in [-0.1, -0.05) is 53.6 Å². The maximum absolute atomic E-state index is 12.6. The second-order valence-electron chi connectivity index (χ2n) is 5.14. The lowest BCUT2D eigenvalue weighted by molar-refractivity contribution is 1.39. The molecule has 0 heterocycles. The summed E-state index contributed by atoms with van der Waals surface area (Å²) in [7, 11) is 0. The van der Waals surface area contributed by atoms with Crippen LogP contribution in [0.25, 0.3) is 21.9 Å². The average molecular weight is 262 g/mol. The zero-order valence-corrected chi connectivity index (χ0v) is 11.4. The van der Waals surface area contributed by atoms with Crippen molar-refractivity contribution >= 4 is 10.8 Å². The van der Waals surface area contributed by atoms with Crippen molar-refractivity contribution in [2.45, 2.75) is 13.8 Å². The molecule has 0 aliphatic heterocycles. The van der Waals surface area contributed by atoms with Crippen molar-refractivity contribution in [2.24, 2.45) is 0 Å². The van der Waals surface area contributed by atoms with Gasteiger partial charge in [0, 0.05) is 21.9 Å². The van der Waals surface area contributed by atoms with E-state index in [1.54, 1.807) is 36.4 Å². The Labute approximate surface area is 116 Å². The number of hydrogen-bond acceptors (Lipinski definition) is 2. The van der Waals surface area contributed by atoms with Gasteiger partial charge in [0.1, 0.15) is 0 Å². The monoisotopic (exact) mass is 262 g/mol. The lowest BCUT2D eigenvalue weighted by Crippen LogP contribution is -2.16. The Kier molecular flexibility index (Phi) is 2.87. The van der Waals surface area contributed by atoms with Gasteiger partial charge >= 0.3 is 0 Å². The molecule has 0 fully saturated rings. The molecule has 0 unspecified atom stereocenters. The van der Waals surface area contributed by atoms with E-state index < -0.39 is 0 Å². The molecular weight excluding hydrogens is 248 g/mol. The molecule has 2 nitrogen and oxygen atoms in total. The van der Waals surface area contributed by atoms with Gasteiger partial charge in [-0.15, -0.1) is 0 Å². The average Bonchev–Trinajstić information content (AvgIpc) is 2.42. The molecule has 0 N–H and O–H groups in total. The minimum absolute atomic E-state index is 0.0767. The highest BCUT2D eigenvalue weighted by Gasteiger charge is 2.14. The van der Waals surface area contributed by atoms with Crippen LogP contribution in [0, 0.1) is 13.8 Å². The molecule has 0 saturated carbocycles. The second-order valence-corrected chi connectivity index (χ2v) is 5.14. The maximum atomic E-state index is 12.6. The Hall–Kier alpha value is -2.48. The van der Waals surface area contributed by atoms with Crippen LogP contribution in [0.3, 0.4) is 0 Å². The van der Waals surface area contributed by atoms with E-state index in [9.17, 15) is 9.59 Å². The summed E-state index contributed by atoms with van der Waals surface area (Å²) in [6, 6.07) is 14.4. The molecule has 98 valence electrons. The van der Waals surface area contributed by atoms with Gasteiger partial charge < -0.3 is 0 Å². The van der Waals surface area contributed by atoms with Gasteiger partial charge in [-0.05, 0) is 19.9 Å². The van der Waals surface area contributed by atoms with E-state index in [0.29, 0.717) is 21.9 Å². The molecular formula is C18H14O2. The first-order chi connectivity index (χ1) is 9.58. The zero-order chi connectivity index (χ0) is 14.3. The Balaban J connectivity index is 2.65. The highest BCUT2D eigenvalue weighted by Crippen LogP contribution is 2.18. The van der Waals surface area contributed by atoms with Crippen molar-refractivity contribution in [1.82, 2.24) is 0 Å². The summed E-state index contributed by atoms with van der Waals surface area (Å²) in [5.41, 5.74) is 2.85. The van der Waals surface area contributed by atoms with Crippen molar-refractivity contribution in [2.75, 3.05) is 0 Å². The normalized spacial score (nSPS) is 10.9. The summed E-state index contributed by atoms with van der Waals surface area (Å²) < 4.78 is 0. The third-order valence-corrected chi connectivity index (χ3v) is 3.54. The highest BCUT2D eigenvalue weighted by molar-refractivity contribution is 5.90. The SMILES string of the molecule is Cc1ccc2c(=O)c3ccccc3c(=O)c-2cc(C)c1. The maximum Gasteiger partial charge on any atom is 0.194 e. The fourth-order valence-corrected chi connectivity index (χ4v) is 2.61. The van der Waals surface area contributed by atoms with Gasteiger partial charge in [0.2, 0.25) is 0 Å². The lowest BCUT2D eigenvalue weighted by atomic mass is 9.96. The van der Waals surface area contributed by atoms with E-state index in [4.69, 9.17) is 0 Å². The molecule has 3 rings (SSSR count). The molecule has 0 saturated heterocycles. The minimum atomic E-state index is -0.0785. The van der Waals surface area contributed by atoms with Gasteiger partial charge in [-0.2, -0.15) is 0 Å². The van der Waals surface area contributed by atoms with Crippen LogP contribution in [0.15, 0.2) is 58.1 Å². The van der Waals surface area contributed by atoms with Gasteiger partial charge in [0.05, 0.1) is 0 Å². The fraction of sp³-hybridized carbons (Fsp3) is 0.111. The molecule has 0 radical (unpaired) electrons. The molecule has 0 atom stereocenters. The van der Waals surface area contributed by atoms with E-state index in [1.807, 2.05) is 26.0 Å². The predicted molar refractivity (Wildman–Crippen MR) is 82.6 cm³/mol. The molecule has 2 aliphatic carbocycles. The summed E-state index contributed by atoms with van der Waals surface area (Å²) in [6.45, 7) is 3.91. The van der Waals surface area contributed by atoms with E-state index in [0.717, 1.165) is 11.1 Å². The van der Waals surface area contributed by atoms with Crippen LogP contribution in [0.1, 0.15) is 11.1 Å². The molecule has 0 amide bonds. The van der Waals surface area contributed by atoms with Crippen LogP contribution in [0.5, 0.6) is 0 Å². The topological polar surface area (TPSA) is 34.1 Å². The molecule has 2 aliphatic rings. The van der Waals surface area contributed by atoms with Crippen molar-refractivity contribution in [3.63, 3.8) is 0 Å². The summed E-state index contributed by atoms with van der Waals surface area (Å²) >= 11 is 0. The summed E-state index contributed by atoms with van der Waals surface area (Å²) in [5, 5.41) is 0.990. The van der Waals surface area contributed by atoms with Crippen molar-refractivity contribution in [3.05, 3.63) is 80.1 Å². The number of hydrogen-bond donors (Lipinski definition) is 0. The molecule has 0 bridgehead atoms. The first-order valence-electron chi connectivity index (χ1n) is 6.55. The Bertz CT molecular complexity index is 911. The van der Waals surface area contributed by atoms with Crippen molar-refractivity contribution < 1.29 is 0 Å². The summed E-state index contributed by atoms with van der Waals surface area (Å²) in [6.07, 6.45) is 0. The van der Waals surface area contributed by atoms with Crippen LogP contribution in [0.4, 0.5) is 0 Å². The zero-order valence-electron chi connectivity index (χ0n) is 11.4. The summed E-state index contributed by atoms with van der Waals surface area (Å²) in [4.78, 5) is 25.1. The van der Waals surface area contributed by atoms with E-state index in [1.165, 1.54) is 0 Å². The van der Waals surface area contributed by atoms with Crippen LogP contribution < -0.4 is 10.9 Å². The first kappa shape index (κ1) is 12.5. The summed E-state index contributed by atoms with van der Waals surface area (Å²) in [5.74, 6) is 0. The lowest BCUT2D eigenvalue weighted by Gasteiger charge is -2.05. The predicted octanol–water partition coefficient (Wildman–Crippen LogP) is 3.28. The van der Waals surface area contributed by atoms with E-state index >= 15 is 0 Å². The van der Waals surface area contributed by atoms with Crippen LogP contribution >= 0.6 is 0 Å². The quantitative estimate of drug-likeness (QED) is 0.623. The molecule has 1 aromatic rings. The molecule has 0 spiro atoms. The third-order valence-electron chi connectivity index (χ3n) is 3.54. The molecule has 20 heavy (non-hydrogen) atoms. The number of fused-ring (bicyclic) bond motifs is 2. The number of aryl methyl sites for hydroxylation is 2. The Morgan fingerprint density at radius 2 is 1.25 bits per heavy atom. The minimum Gasteiger partial charge on any atom is -0.289 e. The van der Waals surface area contributed by atoms with Crippen molar-refractivity contribution in [1.29, 1.82) is 0 Å². The first-order valence-corrected chi connectivity index (χ1v) is 6.55. The van der Waals surface area contributed by atoms with Crippen LogP contribution in [-0.4, -0.2) is 0 Å². The standard InChI is InChI=1S/C18H14O2/c1-11-7-8-15-16(10-12(2)9-11)18(20)14-6-4-3-5-13(14)17(15)19/h3-10H,1-2H3. The van der Waals surface area contributed by atoms with E-state index in [-0.39, 0.29) is 10.9 Å². The van der Waals surface area contributed by atoms with E-state index in [2.05, 4.69) is 0 Å². The number of rotatable bonds is 0. The Morgan fingerprint density at radius 1 is 0.650 bits per heavy atom. The Morgan fingerprint density at radius 3 is 1.90 bits per heavy atom. The van der Waals surface area contributed by atoms with Gasteiger partial charge in [0.15, 0.2) is 10.9 Å². The smallest absolute Gasteiger partial charge is 0.194 e. The van der Waals surface area contributed by atoms with Gasteiger partial charge in [0.25, 0.3) is 0 Å². The highest BCUT2D eigenvalue weighted by atomic mass is 16.1. The fourth-order valence-electron chi connectivity index (χ4n) is 2.61. The number of benzene rings is 2.